The lowest BCUT2D eigenvalue weighted by Crippen LogP contribution is -3.09. The van der Waals surface area contributed by atoms with Gasteiger partial charge in [-0.25, -0.2) is 0 Å². The number of nitrogens with one attached hydrogen (secondary N) is 2. The van der Waals surface area contributed by atoms with Crippen LogP contribution < -0.4 is 19.2 Å². The summed E-state index contributed by atoms with van der Waals surface area (Å²) < 4.78 is 0. The van der Waals surface area contributed by atoms with Gasteiger partial charge in [0.25, 0.3) is 0 Å². The Labute approximate surface area is 98.7 Å². The van der Waals surface area contributed by atoms with Crippen LogP contribution in [0.1, 0.15) is 38.5 Å². The Morgan fingerprint density at radius 3 is 0.875 bits per heavy atom. The lowest BCUT2D eigenvalue weighted by atomic mass is 10.1. The average molecular weight is 238 g/mol. The van der Waals surface area contributed by atoms with Crippen LogP contribution in [0.2, 0.25) is 0 Å². The molecule has 2 nitrogen and oxygen atoms in total. The van der Waals surface area contributed by atoms with E-state index in [1.165, 1.54) is 64.7 Å². The molecule has 2 rings (SSSR count). The van der Waals surface area contributed by atoms with E-state index < -0.39 is 0 Å². The zero-order valence-electron chi connectivity index (χ0n) is 10.8. The number of piperidine rings is 2. The molecule has 4 heteroatoms. The number of hydrogen-bond donors (Lipinski definition) is 2. The fourth-order valence-electron chi connectivity index (χ4n) is 2.31. The minimum absolute atomic E-state index is 0. The van der Waals surface area contributed by atoms with Crippen LogP contribution >= 0.6 is 0 Å². The van der Waals surface area contributed by atoms with Crippen molar-refractivity contribution in [3.05, 3.63) is 0 Å². The largest absolute Gasteiger partial charge is 1.00 e. The Morgan fingerprint density at radius 1 is 0.500 bits per heavy atom. The molecule has 0 aromatic rings. The zero-order chi connectivity index (χ0) is 10.2. The standard InChI is InChI=1S/2C6H13N.2FH/c2*1-7-5-3-2-4-6-7;;/h2*2-6H2,1H3;2*1H. The fourth-order valence-corrected chi connectivity index (χ4v) is 2.31. The van der Waals surface area contributed by atoms with Crippen LogP contribution in [0.25, 0.3) is 0 Å². The summed E-state index contributed by atoms with van der Waals surface area (Å²) in [5, 5.41) is 0. The van der Waals surface area contributed by atoms with Gasteiger partial charge in [0.2, 0.25) is 0 Å². The molecule has 0 spiro atoms. The van der Waals surface area contributed by atoms with Crippen molar-refractivity contribution in [2.45, 2.75) is 38.5 Å². The van der Waals surface area contributed by atoms with Gasteiger partial charge in [-0.15, -0.1) is 0 Å². The van der Waals surface area contributed by atoms with Crippen LogP contribution in [0.3, 0.4) is 0 Å². The molecule has 0 unspecified atom stereocenters. The molecule has 2 N–H and O–H groups in total. The average Bonchev–Trinajstić information content (AvgIpc) is 2.21. The number of halogens is 2. The van der Waals surface area contributed by atoms with Crippen LogP contribution in [0, 0.1) is 0 Å². The molecule has 2 aliphatic heterocycles. The SMILES string of the molecule is C[NH+]1CCCCC1.C[NH+]1CCCCC1.[F-].[F-]. The first kappa shape index (κ1) is 18.2. The molecular formula is C12H28F2N2. The predicted molar refractivity (Wildman–Crippen MR) is 60.9 cm³/mol. The van der Waals surface area contributed by atoms with Gasteiger partial charge in [0, 0.05) is 0 Å². The summed E-state index contributed by atoms with van der Waals surface area (Å²) in [6, 6.07) is 0. The molecule has 0 atom stereocenters. The highest BCUT2D eigenvalue weighted by Gasteiger charge is 2.06. The summed E-state index contributed by atoms with van der Waals surface area (Å²) in [7, 11) is 4.55. The first-order valence-electron chi connectivity index (χ1n) is 6.41. The van der Waals surface area contributed by atoms with Gasteiger partial charge >= 0.3 is 0 Å². The third-order valence-electron chi connectivity index (χ3n) is 3.41. The smallest absolute Gasteiger partial charge is 0.0768 e. The maximum Gasteiger partial charge on any atom is 0.0768 e. The third kappa shape index (κ3) is 9.04. The summed E-state index contributed by atoms with van der Waals surface area (Å²) in [5.41, 5.74) is 0. The highest BCUT2D eigenvalue weighted by molar-refractivity contribution is 4.43. The minimum atomic E-state index is 0. The number of hydrogen-bond acceptors (Lipinski definition) is 0. The molecule has 0 aliphatic carbocycles. The van der Waals surface area contributed by atoms with E-state index in [9.17, 15) is 0 Å². The topological polar surface area (TPSA) is 8.88 Å². The van der Waals surface area contributed by atoms with E-state index >= 15 is 0 Å². The summed E-state index contributed by atoms with van der Waals surface area (Å²) in [6.45, 7) is 5.61. The second-order valence-corrected chi connectivity index (χ2v) is 5.04. The van der Waals surface area contributed by atoms with Gasteiger partial charge in [-0.2, -0.15) is 0 Å². The van der Waals surface area contributed by atoms with Gasteiger partial charge in [-0.1, -0.05) is 0 Å². The molecule has 0 saturated carbocycles. The minimum Gasteiger partial charge on any atom is -1.00 e. The summed E-state index contributed by atoms with van der Waals surface area (Å²) in [6.07, 6.45) is 8.74. The second-order valence-electron chi connectivity index (χ2n) is 5.04. The normalized spacial score (nSPS) is 22.1. The van der Waals surface area contributed by atoms with Crippen molar-refractivity contribution in [2.75, 3.05) is 40.3 Å². The second kappa shape index (κ2) is 11.3. The number of likely N-dealkylation sites (tertiary alicyclic amines) is 2. The van der Waals surface area contributed by atoms with E-state index in [0.717, 1.165) is 0 Å². The van der Waals surface area contributed by atoms with Crippen molar-refractivity contribution in [1.29, 1.82) is 0 Å². The van der Waals surface area contributed by atoms with Crippen molar-refractivity contribution >= 4 is 0 Å². The monoisotopic (exact) mass is 238 g/mol. The first-order chi connectivity index (χ1) is 6.79. The Morgan fingerprint density at radius 2 is 0.750 bits per heavy atom. The maximum atomic E-state index is 2.28. The molecule has 2 fully saturated rings. The van der Waals surface area contributed by atoms with E-state index in [-0.39, 0.29) is 9.41 Å². The molecule has 2 aliphatic rings. The molecule has 0 amide bonds. The van der Waals surface area contributed by atoms with Crippen molar-refractivity contribution in [3.63, 3.8) is 0 Å². The lowest BCUT2D eigenvalue weighted by Gasteiger charge is -2.17. The zero-order valence-corrected chi connectivity index (χ0v) is 10.8. The van der Waals surface area contributed by atoms with Crippen LogP contribution in [-0.4, -0.2) is 40.3 Å². The quantitative estimate of drug-likeness (QED) is 0.415. The Kier molecular flexibility index (Phi) is 12.8. The van der Waals surface area contributed by atoms with Crippen molar-refractivity contribution in [1.82, 2.24) is 0 Å². The first-order valence-corrected chi connectivity index (χ1v) is 6.41. The third-order valence-corrected chi connectivity index (χ3v) is 3.41. The molecule has 0 aromatic carbocycles. The van der Waals surface area contributed by atoms with Gasteiger partial charge < -0.3 is 19.2 Å². The number of rotatable bonds is 0. The van der Waals surface area contributed by atoms with Gasteiger partial charge in [0.15, 0.2) is 0 Å². The van der Waals surface area contributed by atoms with Crippen molar-refractivity contribution in [3.8, 4) is 0 Å². The van der Waals surface area contributed by atoms with Gasteiger partial charge in [-0.3, -0.25) is 0 Å². The fraction of sp³-hybridized carbons (Fsp3) is 1.00. The van der Waals surface area contributed by atoms with E-state index in [4.69, 9.17) is 0 Å². The van der Waals surface area contributed by atoms with Crippen LogP contribution in [0.5, 0.6) is 0 Å². The lowest BCUT2D eigenvalue weighted by molar-refractivity contribution is -0.884. The summed E-state index contributed by atoms with van der Waals surface area (Å²) in [4.78, 5) is 3.43. The summed E-state index contributed by atoms with van der Waals surface area (Å²) >= 11 is 0. The molecule has 2 heterocycles. The molecule has 16 heavy (non-hydrogen) atoms. The Balaban J connectivity index is 0. The van der Waals surface area contributed by atoms with E-state index in [1.54, 1.807) is 9.80 Å². The molecule has 0 radical (unpaired) electrons. The molecule has 2 saturated heterocycles. The van der Waals surface area contributed by atoms with Crippen LogP contribution in [0.4, 0.5) is 0 Å². The Hall–Kier alpha value is -0.220. The van der Waals surface area contributed by atoms with E-state index in [0.29, 0.717) is 0 Å². The predicted octanol–water partition coefficient (Wildman–Crippen LogP) is -6.62. The highest BCUT2D eigenvalue weighted by atomic mass is 19.0. The highest BCUT2D eigenvalue weighted by Crippen LogP contribution is 1.93. The maximum absolute atomic E-state index is 2.28. The molecular weight excluding hydrogens is 210 g/mol. The van der Waals surface area contributed by atoms with Gasteiger partial charge in [-0.05, 0) is 38.5 Å². The van der Waals surface area contributed by atoms with Gasteiger partial charge in [0.05, 0.1) is 40.3 Å². The number of quaternary nitrogens is 2. The summed E-state index contributed by atoms with van der Waals surface area (Å²) in [5.74, 6) is 0. The molecule has 100 valence electrons. The van der Waals surface area contributed by atoms with Crippen molar-refractivity contribution < 1.29 is 19.2 Å². The molecule has 0 bridgehead atoms. The van der Waals surface area contributed by atoms with Crippen LogP contribution in [0.15, 0.2) is 0 Å². The Bertz CT molecular complexity index is 117. The van der Waals surface area contributed by atoms with E-state index in [2.05, 4.69) is 14.1 Å². The van der Waals surface area contributed by atoms with E-state index in [1.807, 2.05) is 0 Å². The molecule has 0 aromatic heterocycles. The van der Waals surface area contributed by atoms with Crippen molar-refractivity contribution in [2.24, 2.45) is 0 Å². The van der Waals surface area contributed by atoms with Crippen LogP contribution in [-0.2, 0) is 0 Å². The van der Waals surface area contributed by atoms with Gasteiger partial charge in [0.1, 0.15) is 0 Å².